The van der Waals surface area contributed by atoms with Crippen molar-refractivity contribution in [3.05, 3.63) is 59.0 Å². The molecule has 1 N–H and O–H groups in total. The van der Waals surface area contributed by atoms with Crippen molar-refractivity contribution in [1.82, 2.24) is 0 Å². The summed E-state index contributed by atoms with van der Waals surface area (Å²) in [6, 6.07) is 8.25. The first-order valence-corrected chi connectivity index (χ1v) is 5.90. The minimum absolute atomic E-state index is 0.354. The molecule has 90 valence electrons. The Morgan fingerprint density at radius 2 is 2.00 bits per heavy atom. The molecule has 0 saturated carbocycles. The van der Waals surface area contributed by atoms with Crippen LogP contribution in [-0.2, 0) is 12.8 Å². The molecule has 1 unspecified atom stereocenters. The Labute approximate surface area is 102 Å². The van der Waals surface area contributed by atoms with Crippen LogP contribution in [-0.4, -0.2) is 11.2 Å². The summed E-state index contributed by atoms with van der Waals surface area (Å²) >= 11 is 0. The van der Waals surface area contributed by atoms with E-state index in [0.717, 1.165) is 5.56 Å². The van der Waals surface area contributed by atoms with Crippen molar-refractivity contribution < 1.29 is 9.52 Å². The second-order valence-electron chi connectivity index (χ2n) is 4.62. The Bertz CT molecular complexity index is 472. The van der Waals surface area contributed by atoms with E-state index in [0.29, 0.717) is 12.8 Å². The number of aryl methyl sites for hydroxylation is 2. The van der Waals surface area contributed by atoms with Crippen LogP contribution in [0.15, 0.2) is 41.2 Å². The van der Waals surface area contributed by atoms with E-state index in [2.05, 4.69) is 32.0 Å². The van der Waals surface area contributed by atoms with Crippen molar-refractivity contribution in [2.24, 2.45) is 0 Å². The summed E-state index contributed by atoms with van der Waals surface area (Å²) in [5.74, 6) is 0. The normalized spacial score (nSPS) is 12.6. The van der Waals surface area contributed by atoms with Gasteiger partial charge in [-0.1, -0.05) is 23.8 Å². The molecule has 0 amide bonds. The van der Waals surface area contributed by atoms with Crippen molar-refractivity contribution in [3.8, 4) is 0 Å². The fraction of sp³-hybridized carbons (Fsp3) is 0.333. The summed E-state index contributed by atoms with van der Waals surface area (Å²) in [6.07, 6.45) is 4.31. The molecule has 0 bridgehead atoms. The molecule has 0 saturated heterocycles. The van der Waals surface area contributed by atoms with E-state index >= 15 is 0 Å². The molecule has 0 spiro atoms. The quantitative estimate of drug-likeness (QED) is 0.875. The molecule has 0 fully saturated rings. The highest BCUT2D eigenvalue weighted by Crippen LogP contribution is 2.15. The average Bonchev–Trinajstić information content (AvgIpc) is 2.76. The molecule has 17 heavy (non-hydrogen) atoms. The molecule has 0 aliphatic rings. The van der Waals surface area contributed by atoms with Gasteiger partial charge < -0.3 is 9.52 Å². The summed E-state index contributed by atoms with van der Waals surface area (Å²) < 4.78 is 5.00. The lowest BCUT2D eigenvalue weighted by Gasteiger charge is -2.12. The highest BCUT2D eigenvalue weighted by Gasteiger charge is 2.09. The van der Waals surface area contributed by atoms with Crippen molar-refractivity contribution >= 4 is 0 Å². The molecule has 1 heterocycles. The zero-order valence-corrected chi connectivity index (χ0v) is 10.3. The van der Waals surface area contributed by atoms with Crippen LogP contribution in [0.1, 0.15) is 22.3 Å². The molecule has 1 atom stereocenters. The highest BCUT2D eigenvalue weighted by molar-refractivity contribution is 5.31. The van der Waals surface area contributed by atoms with Gasteiger partial charge in [0.15, 0.2) is 0 Å². The van der Waals surface area contributed by atoms with Gasteiger partial charge in [0, 0.05) is 6.42 Å². The smallest absolute Gasteiger partial charge is 0.0935 e. The summed E-state index contributed by atoms with van der Waals surface area (Å²) in [5, 5.41) is 10.0. The molecule has 2 rings (SSSR count). The van der Waals surface area contributed by atoms with Gasteiger partial charge in [-0.05, 0) is 43.0 Å². The largest absolute Gasteiger partial charge is 0.472 e. The SMILES string of the molecule is Cc1ccc(C)c(CC(O)Cc2ccoc2)c1. The fourth-order valence-corrected chi connectivity index (χ4v) is 2.03. The second-order valence-corrected chi connectivity index (χ2v) is 4.62. The van der Waals surface area contributed by atoms with Crippen LogP contribution >= 0.6 is 0 Å². The Morgan fingerprint density at radius 3 is 2.71 bits per heavy atom. The Kier molecular flexibility index (Phi) is 3.64. The zero-order chi connectivity index (χ0) is 12.3. The third-order valence-electron chi connectivity index (χ3n) is 3.01. The maximum atomic E-state index is 10.0. The first-order chi connectivity index (χ1) is 8.15. The molecule has 2 heteroatoms. The molecular formula is C15H18O2. The topological polar surface area (TPSA) is 33.4 Å². The Morgan fingerprint density at radius 1 is 1.18 bits per heavy atom. The van der Waals surface area contributed by atoms with Crippen LogP contribution in [0.2, 0.25) is 0 Å². The van der Waals surface area contributed by atoms with E-state index in [1.165, 1.54) is 16.7 Å². The number of aliphatic hydroxyl groups is 1. The molecule has 0 aliphatic heterocycles. The van der Waals surface area contributed by atoms with Gasteiger partial charge in [0.2, 0.25) is 0 Å². The zero-order valence-electron chi connectivity index (χ0n) is 10.3. The van der Waals surface area contributed by atoms with Gasteiger partial charge >= 0.3 is 0 Å². The third kappa shape index (κ3) is 3.21. The van der Waals surface area contributed by atoms with Gasteiger partial charge in [0.1, 0.15) is 0 Å². The lowest BCUT2D eigenvalue weighted by Crippen LogP contribution is -2.14. The summed E-state index contributed by atoms with van der Waals surface area (Å²) in [5.41, 5.74) is 4.74. The van der Waals surface area contributed by atoms with Crippen molar-refractivity contribution in [1.29, 1.82) is 0 Å². The molecule has 1 aromatic heterocycles. The Balaban J connectivity index is 2.02. The van der Waals surface area contributed by atoms with Crippen LogP contribution in [0, 0.1) is 13.8 Å². The predicted octanol–water partition coefficient (Wildman–Crippen LogP) is 3.04. The fourth-order valence-electron chi connectivity index (χ4n) is 2.03. The van der Waals surface area contributed by atoms with E-state index in [1.54, 1.807) is 12.5 Å². The monoisotopic (exact) mass is 230 g/mol. The first kappa shape index (κ1) is 11.9. The maximum Gasteiger partial charge on any atom is 0.0935 e. The maximum absolute atomic E-state index is 10.0. The molecule has 0 radical (unpaired) electrons. The van der Waals surface area contributed by atoms with Gasteiger partial charge in [-0.25, -0.2) is 0 Å². The van der Waals surface area contributed by atoms with Gasteiger partial charge in [-0.3, -0.25) is 0 Å². The predicted molar refractivity (Wildman–Crippen MR) is 68.0 cm³/mol. The lowest BCUT2D eigenvalue weighted by molar-refractivity contribution is 0.175. The minimum atomic E-state index is -0.354. The molecular weight excluding hydrogens is 212 g/mol. The third-order valence-corrected chi connectivity index (χ3v) is 3.01. The number of hydrogen-bond donors (Lipinski definition) is 1. The van der Waals surface area contributed by atoms with Gasteiger partial charge in [0.05, 0.1) is 18.6 Å². The van der Waals surface area contributed by atoms with Crippen molar-refractivity contribution in [3.63, 3.8) is 0 Å². The van der Waals surface area contributed by atoms with Crippen LogP contribution in [0.3, 0.4) is 0 Å². The van der Waals surface area contributed by atoms with Crippen LogP contribution in [0.4, 0.5) is 0 Å². The summed E-state index contributed by atoms with van der Waals surface area (Å²) in [7, 11) is 0. The van der Waals surface area contributed by atoms with Crippen LogP contribution in [0.25, 0.3) is 0 Å². The summed E-state index contributed by atoms with van der Waals surface area (Å²) in [4.78, 5) is 0. The number of furan rings is 1. The number of rotatable bonds is 4. The van der Waals surface area contributed by atoms with E-state index in [1.807, 2.05) is 6.07 Å². The first-order valence-electron chi connectivity index (χ1n) is 5.90. The minimum Gasteiger partial charge on any atom is -0.472 e. The van der Waals surface area contributed by atoms with Gasteiger partial charge in [0.25, 0.3) is 0 Å². The van der Waals surface area contributed by atoms with E-state index < -0.39 is 0 Å². The standard InChI is InChI=1S/C15H18O2/c1-11-3-4-12(2)14(7-11)9-15(16)8-13-5-6-17-10-13/h3-7,10,15-16H,8-9H2,1-2H3. The van der Waals surface area contributed by atoms with E-state index in [4.69, 9.17) is 4.42 Å². The molecule has 2 nitrogen and oxygen atoms in total. The number of benzene rings is 1. The van der Waals surface area contributed by atoms with Crippen molar-refractivity contribution in [2.75, 3.05) is 0 Å². The second kappa shape index (κ2) is 5.19. The van der Waals surface area contributed by atoms with Gasteiger partial charge in [-0.15, -0.1) is 0 Å². The molecule has 0 aliphatic carbocycles. The number of hydrogen-bond acceptors (Lipinski definition) is 2. The van der Waals surface area contributed by atoms with Gasteiger partial charge in [-0.2, -0.15) is 0 Å². The lowest BCUT2D eigenvalue weighted by atomic mass is 9.98. The highest BCUT2D eigenvalue weighted by atomic mass is 16.3. The number of aliphatic hydroxyl groups excluding tert-OH is 1. The van der Waals surface area contributed by atoms with E-state index in [9.17, 15) is 5.11 Å². The van der Waals surface area contributed by atoms with Crippen LogP contribution in [0.5, 0.6) is 0 Å². The van der Waals surface area contributed by atoms with Crippen LogP contribution < -0.4 is 0 Å². The molecule has 2 aromatic rings. The average molecular weight is 230 g/mol. The Hall–Kier alpha value is -1.54. The van der Waals surface area contributed by atoms with E-state index in [-0.39, 0.29) is 6.10 Å². The summed E-state index contributed by atoms with van der Waals surface area (Å²) in [6.45, 7) is 4.16. The molecule has 1 aromatic carbocycles. The van der Waals surface area contributed by atoms with Crippen molar-refractivity contribution in [2.45, 2.75) is 32.8 Å².